The van der Waals surface area contributed by atoms with Gasteiger partial charge in [-0.05, 0) is 31.9 Å². The van der Waals surface area contributed by atoms with Crippen molar-refractivity contribution in [2.45, 2.75) is 44.8 Å². The molecule has 0 spiro atoms. The SMILES string of the molecule is C[C@H](NC(=O)CCc1ncc(-c2ccccc2F)o1)[C@H]1CCCO1. The van der Waals surface area contributed by atoms with Gasteiger partial charge in [0, 0.05) is 19.4 Å². The van der Waals surface area contributed by atoms with E-state index in [0.29, 0.717) is 23.6 Å². The van der Waals surface area contributed by atoms with Gasteiger partial charge < -0.3 is 14.5 Å². The standard InChI is InChI=1S/C18H21FN2O3/c1-12(15-7-4-10-23-15)21-17(22)8-9-18-20-11-16(24-18)13-5-2-3-6-14(13)19/h2-3,5-6,11-12,15H,4,7-10H2,1H3,(H,21,22)/t12-,15+/m0/s1. The number of nitrogens with zero attached hydrogens (tertiary/aromatic N) is 1. The van der Waals surface area contributed by atoms with Gasteiger partial charge in [-0.3, -0.25) is 4.79 Å². The number of hydrogen-bond donors (Lipinski definition) is 1. The summed E-state index contributed by atoms with van der Waals surface area (Å²) in [5.74, 6) is 0.372. The lowest BCUT2D eigenvalue weighted by atomic mass is 10.1. The van der Waals surface area contributed by atoms with Crippen molar-refractivity contribution in [2.75, 3.05) is 6.61 Å². The van der Waals surface area contributed by atoms with Crippen molar-refractivity contribution in [1.82, 2.24) is 10.3 Å². The van der Waals surface area contributed by atoms with E-state index in [1.54, 1.807) is 18.2 Å². The average molecular weight is 332 g/mol. The Kier molecular flexibility index (Phi) is 5.25. The molecule has 3 rings (SSSR count). The van der Waals surface area contributed by atoms with Gasteiger partial charge in [-0.15, -0.1) is 0 Å². The average Bonchev–Trinajstić information content (AvgIpc) is 3.25. The number of aromatic nitrogens is 1. The number of amides is 1. The van der Waals surface area contributed by atoms with E-state index in [-0.39, 0.29) is 30.3 Å². The summed E-state index contributed by atoms with van der Waals surface area (Å²) in [6, 6.07) is 6.36. The van der Waals surface area contributed by atoms with Gasteiger partial charge in [-0.2, -0.15) is 0 Å². The molecule has 1 N–H and O–H groups in total. The molecule has 0 saturated carbocycles. The Morgan fingerprint density at radius 2 is 2.29 bits per heavy atom. The topological polar surface area (TPSA) is 64.4 Å². The molecular formula is C18H21FN2O3. The van der Waals surface area contributed by atoms with Gasteiger partial charge in [0.15, 0.2) is 11.7 Å². The second-order valence-electron chi connectivity index (χ2n) is 6.01. The van der Waals surface area contributed by atoms with Crippen LogP contribution >= 0.6 is 0 Å². The molecule has 2 aromatic rings. The summed E-state index contributed by atoms with van der Waals surface area (Å²) in [6.45, 7) is 2.72. The number of rotatable bonds is 6. The first-order valence-electron chi connectivity index (χ1n) is 8.24. The number of oxazole rings is 1. The Labute approximate surface area is 140 Å². The minimum Gasteiger partial charge on any atom is -0.441 e. The monoisotopic (exact) mass is 332 g/mol. The molecule has 0 aliphatic carbocycles. The minimum atomic E-state index is -0.358. The van der Waals surface area contributed by atoms with Gasteiger partial charge >= 0.3 is 0 Å². The molecule has 24 heavy (non-hydrogen) atoms. The molecule has 0 unspecified atom stereocenters. The zero-order valence-corrected chi connectivity index (χ0v) is 13.6. The normalized spacial score (nSPS) is 18.5. The van der Waals surface area contributed by atoms with Crippen LogP contribution in [0.2, 0.25) is 0 Å². The van der Waals surface area contributed by atoms with Gasteiger partial charge in [0.05, 0.1) is 23.9 Å². The van der Waals surface area contributed by atoms with E-state index in [2.05, 4.69) is 10.3 Å². The van der Waals surface area contributed by atoms with E-state index in [4.69, 9.17) is 9.15 Å². The summed E-state index contributed by atoms with van der Waals surface area (Å²) in [7, 11) is 0. The Morgan fingerprint density at radius 3 is 3.04 bits per heavy atom. The highest BCUT2D eigenvalue weighted by molar-refractivity contribution is 5.76. The maximum Gasteiger partial charge on any atom is 0.220 e. The van der Waals surface area contributed by atoms with E-state index in [1.165, 1.54) is 12.3 Å². The van der Waals surface area contributed by atoms with E-state index >= 15 is 0 Å². The predicted molar refractivity (Wildman–Crippen MR) is 86.8 cm³/mol. The fraction of sp³-hybridized carbons (Fsp3) is 0.444. The summed E-state index contributed by atoms with van der Waals surface area (Å²) >= 11 is 0. The molecule has 128 valence electrons. The first-order valence-corrected chi connectivity index (χ1v) is 8.24. The van der Waals surface area contributed by atoms with Gasteiger partial charge in [0.2, 0.25) is 5.91 Å². The minimum absolute atomic E-state index is 0.00136. The molecule has 1 saturated heterocycles. The van der Waals surface area contributed by atoms with E-state index in [9.17, 15) is 9.18 Å². The van der Waals surface area contributed by atoms with E-state index in [0.717, 1.165) is 19.4 Å². The molecular weight excluding hydrogens is 311 g/mol. The van der Waals surface area contributed by atoms with Crippen LogP contribution in [-0.4, -0.2) is 29.6 Å². The highest BCUT2D eigenvalue weighted by Crippen LogP contribution is 2.23. The van der Waals surface area contributed by atoms with Crippen LogP contribution in [0.25, 0.3) is 11.3 Å². The lowest BCUT2D eigenvalue weighted by Crippen LogP contribution is -2.40. The van der Waals surface area contributed by atoms with Crippen molar-refractivity contribution in [3.05, 3.63) is 42.2 Å². The Morgan fingerprint density at radius 1 is 1.46 bits per heavy atom. The van der Waals surface area contributed by atoms with Crippen LogP contribution in [0.4, 0.5) is 4.39 Å². The molecule has 1 aliphatic heterocycles. The molecule has 0 radical (unpaired) electrons. The van der Waals surface area contributed by atoms with Gasteiger partial charge in [-0.25, -0.2) is 9.37 Å². The molecule has 1 aromatic heterocycles. The third-order valence-corrected chi connectivity index (χ3v) is 4.17. The van der Waals surface area contributed by atoms with Crippen LogP contribution in [0.15, 0.2) is 34.9 Å². The van der Waals surface area contributed by atoms with Crippen molar-refractivity contribution >= 4 is 5.91 Å². The third-order valence-electron chi connectivity index (χ3n) is 4.17. The summed E-state index contributed by atoms with van der Waals surface area (Å²) in [4.78, 5) is 16.1. The molecule has 0 bridgehead atoms. The van der Waals surface area contributed by atoms with Gasteiger partial charge in [-0.1, -0.05) is 12.1 Å². The Bertz CT molecular complexity index is 695. The molecule has 6 heteroatoms. The molecule has 1 fully saturated rings. The van der Waals surface area contributed by atoms with E-state index in [1.807, 2.05) is 6.92 Å². The number of nitrogens with one attached hydrogen (secondary N) is 1. The lowest BCUT2D eigenvalue weighted by molar-refractivity contribution is -0.122. The van der Waals surface area contributed by atoms with E-state index < -0.39 is 0 Å². The third kappa shape index (κ3) is 4.00. The maximum atomic E-state index is 13.7. The van der Waals surface area contributed by atoms with Crippen molar-refractivity contribution in [2.24, 2.45) is 0 Å². The quantitative estimate of drug-likeness (QED) is 0.883. The Balaban J connectivity index is 1.52. The summed E-state index contributed by atoms with van der Waals surface area (Å²) in [5.41, 5.74) is 0.368. The fourth-order valence-corrected chi connectivity index (χ4v) is 2.85. The molecule has 1 aliphatic rings. The zero-order valence-electron chi connectivity index (χ0n) is 13.6. The van der Waals surface area contributed by atoms with Crippen LogP contribution in [0.1, 0.15) is 32.1 Å². The first-order chi connectivity index (χ1) is 11.6. The number of carbonyl (C=O) groups excluding carboxylic acids is 1. The summed E-state index contributed by atoms with van der Waals surface area (Å²) < 4.78 is 24.8. The van der Waals surface area contributed by atoms with Crippen molar-refractivity contribution in [1.29, 1.82) is 0 Å². The number of hydrogen-bond acceptors (Lipinski definition) is 4. The van der Waals surface area contributed by atoms with Crippen molar-refractivity contribution < 1.29 is 18.3 Å². The Hall–Kier alpha value is -2.21. The van der Waals surface area contributed by atoms with Crippen molar-refractivity contribution in [3.8, 4) is 11.3 Å². The smallest absolute Gasteiger partial charge is 0.220 e. The molecule has 2 heterocycles. The number of aryl methyl sites for hydroxylation is 1. The summed E-state index contributed by atoms with van der Waals surface area (Å²) in [6.07, 6.45) is 4.25. The summed E-state index contributed by atoms with van der Waals surface area (Å²) in [5, 5.41) is 2.95. The largest absolute Gasteiger partial charge is 0.441 e. The second-order valence-corrected chi connectivity index (χ2v) is 6.01. The predicted octanol–water partition coefficient (Wildman–Crippen LogP) is 3.10. The number of halogens is 1. The second kappa shape index (κ2) is 7.57. The zero-order chi connectivity index (χ0) is 16.9. The number of carbonyl (C=O) groups is 1. The van der Waals surface area contributed by atoms with Crippen LogP contribution in [0.5, 0.6) is 0 Å². The van der Waals surface area contributed by atoms with Crippen LogP contribution in [0.3, 0.4) is 0 Å². The van der Waals surface area contributed by atoms with Crippen LogP contribution < -0.4 is 5.32 Å². The van der Waals surface area contributed by atoms with Crippen LogP contribution in [-0.2, 0) is 16.0 Å². The molecule has 1 aromatic carbocycles. The number of benzene rings is 1. The molecule has 2 atom stereocenters. The molecule has 1 amide bonds. The fourth-order valence-electron chi connectivity index (χ4n) is 2.85. The highest BCUT2D eigenvalue weighted by atomic mass is 19.1. The first kappa shape index (κ1) is 16.6. The van der Waals surface area contributed by atoms with Gasteiger partial charge in [0.1, 0.15) is 5.82 Å². The maximum absolute atomic E-state index is 13.7. The van der Waals surface area contributed by atoms with Crippen LogP contribution in [0, 0.1) is 5.82 Å². The van der Waals surface area contributed by atoms with Crippen molar-refractivity contribution in [3.63, 3.8) is 0 Å². The highest BCUT2D eigenvalue weighted by Gasteiger charge is 2.23. The lowest BCUT2D eigenvalue weighted by Gasteiger charge is -2.19. The van der Waals surface area contributed by atoms with Gasteiger partial charge in [0.25, 0.3) is 0 Å². The number of ether oxygens (including phenoxy) is 1. The molecule has 5 nitrogen and oxygen atoms in total.